The van der Waals surface area contributed by atoms with Gasteiger partial charge in [0.1, 0.15) is 11.9 Å². The van der Waals surface area contributed by atoms with Crippen LogP contribution in [0.25, 0.3) is 11.3 Å². The van der Waals surface area contributed by atoms with Gasteiger partial charge in [-0.1, -0.05) is 24.3 Å². The van der Waals surface area contributed by atoms with Gasteiger partial charge in [0, 0.05) is 25.8 Å². The number of nitrogens with one attached hydrogen (secondary N) is 1. The van der Waals surface area contributed by atoms with E-state index in [-0.39, 0.29) is 5.91 Å². The van der Waals surface area contributed by atoms with Crippen LogP contribution >= 0.6 is 0 Å². The molecule has 1 heterocycles. The van der Waals surface area contributed by atoms with Crippen molar-refractivity contribution >= 4 is 11.7 Å². The van der Waals surface area contributed by atoms with Crippen molar-refractivity contribution in [1.82, 2.24) is 9.78 Å². The van der Waals surface area contributed by atoms with E-state index in [2.05, 4.69) is 10.4 Å². The maximum absolute atomic E-state index is 11.8. The number of aromatic nitrogens is 2. The first-order valence-corrected chi connectivity index (χ1v) is 6.46. The van der Waals surface area contributed by atoms with E-state index in [4.69, 9.17) is 4.74 Å². The van der Waals surface area contributed by atoms with Gasteiger partial charge in [-0.25, -0.2) is 0 Å². The van der Waals surface area contributed by atoms with Crippen molar-refractivity contribution in [3.05, 3.63) is 35.9 Å². The Hall–Kier alpha value is -2.14. The summed E-state index contributed by atoms with van der Waals surface area (Å²) in [5, 5.41) is 7.25. The first kappa shape index (κ1) is 14.3. The lowest BCUT2D eigenvalue weighted by molar-refractivity contribution is -0.124. The lowest BCUT2D eigenvalue weighted by Gasteiger charge is -2.09. The largest absolute Gasteiger partial charge is 0.372 e. The Kier molecular flexibility index (Phi) is 4.20. The van der Waals surface area contributed by atoms with Crippen LogP contribution in [-0.2, 0) is 16.6 Å². The van der Waals surface area contributed by atoms with E-state index in [1.54, 1.807) is 18.7 Å². The SMILES string of the molecule is CO[C@H](C)C(=O)Nc1cc(-c2ccccc2C)nn1C. The highest BCUT2D eigenvalue weighted by molar-refractivity contribution is 5.93. The van der Waals surface area contributed by atoms with Crippen LogP contribution in [0.4, 0.5) is 5.82 Å². The van der Waals surface area contributed by atoms with Crippen molar-refractivity contribution in [2.24, 2.45) is 7.05 Å². The van der Waals surface area contributed by atoms with Gasteiger partial charge in [-0.2, -0.15) is 5.10 Å². The first-order chi connectivity index (χ1) is 9.52. The summed E-state index contributed by atoms with van der Waals surface area (Å²) < 4.78 is 6.65. The van der Waals surface area contributed by atoms with E-state index in [0.29, 0.717) is 5.82 Å². The average molecular weight is 273 g/mol. The van der Waals surface area contributed by atoms with Crippen LogP contribution in [0, 0.1) is 6.92 Å². The number of nitrogens with zero attached hydrogens (tertiary/aromatic N) is 2. The Bertz CT molecular complexity index is 619. The highest BCUT2D eigenvalue weighted by Crippen LogP contribution is 2.24. The molecule has 0 aliphatic heterocycles. The van der Waals surface area contributed by atoms with E-state index in [9.17, 15) is 4.79 Å². The minimum Gasteiger partial charge on any atom is -0.372 e. The van der Waals surface area contributed by atoms with Crippen molar-refractivity contribution in [2.45, 2.75) is 20.0 Å². The lowest BCUT2D eigenvalue weighted by Crippen LogP contribution is -2.27. The molecule has 1 amide bonds. The molecule has 0 unspecified atom stereocenters. The summed E-state index contributed by atoms with van der Waals surface area (Å²) in [5.41, 5.74) is 3.04. The zero-order valence-electron chi connectivity index (χ0n) is 12.2. The fraction of sp³-hybridized carbons (Fsp3) is 0.333. The lowest BCUT2D eigenvalue weighted by atomic mass is 10.1. The van der Waals surface area contributed by atoms with Crippen LogP contribution in [0.5, 0.6) is 0 Å². The fourth-order valence-corrected chi connectivity index (χ4v) is 1.91. The minimum atomic E-state index is -0.494. The summed E-state index contributed by atoms with van der Waals surface area (Å²) in [4.78, 5) is 11.8. The van der Waals surface area contributed by atoms with E-state index in [1.807, 2.05) is 37.3 Å². The van der Waals surface area contributed by atoms with Gasteiger partial charge in [-0.15, -0.1) is 0 Å². The van der Waals surface area contributed by atoms with Gasteiger partial charge in [-0.3, -0.25) is 9.48 Å². The second kappa shape index (κ2) is 5.88. The molecule has 5 nitrogen and oxygen atoms in total. The molecule has 1 aromatic carbocycles. The summed E-state index contributed by atoms with van der Waals surface area (Å²) in [6.07, 6.45) is -0.494. The Labute approximate surface area is 118 Å². The summed E-state index contributed by atoms with van der Waals surface area (Å²) in [6, 6.07) is 9.88. The number of amides is 1. The van der Waals surface area contributed by atoms with Gasteiger partial charge in [0.05, 0.1) is 5.69 Å². The van der Waals surface area contributed by atoms with E-state index in [0.717, 1.165) is 16.8 Å². The molecule has 1 aromatic heterocycles. The van der Waals surface area contributed by atoms with Gasteiger partial charge in [0.2, 0.25) is 0 Å². The monoisotopic (exact) mass is 273 g/mol. The summed E-state index contributed by atoms with van der Waals surface area (Å²) >= 11 is 0. The molecule has 5 heteroatoms. The van der Waals surface area contributed by atoms with Crippen molar-refractivity contribution in [3.63, 3.8) is 0 Å². The molecule has 2 aromatic rings. The van der Waals surface area contributed by atoms with Gasteiger partial charge in [0.25, 0.3) is 5.91 Å². The first-order valence-electron chi connectivity index (χ1n) is 6.46. The van der Waals surface area contributed by atoms with Gasteiger partial charge in [-0.05, 0) is 19.4 Å². The standard InChI is InChI=1S/C15H19N3O2/c1-10-7-5-6-8-12(10)13-9-14(18(3)17-13)16-15(19)11(2)20-4/h5-9,11H,1-4H3,(H,16,19)/t11-/m1/s1. The molecule has 0 aliphatic rings. The third kappa shape index (κ3) is 2.88. The Morgan fingerprint density at radius 1 is 1.40 bits per heavy atom. The van der Waals surface area contributed by atoms with Crippen LogP contribution in [0.3, 0.4) is 0 Å². The number of hydrogen-bond donors (Lipinski definition) is 1. The maximum Gasteiger partial charge on any atom is 0.254 e. The van der Waals surface area contributed by atoms with Gasteiger partial charge in [0.15, 0.2) is 0 Å². The summed E-state index contributed by atoms with van der Waals surface area (Å²) in [7, 11) is 3.31. The third-order valence-electron chi connectivity index (χ3n) is 3.27. The second-order valence-corrected chi connectivity index (χ2v) is 4.72. The molecule has 20 heavy (non-hydrogen) atoms. The van der Waals surface area contributed by atoms with Gasteiger partial charge >= 0.3 is 0 Å². The zero-order valence-corrected chi connectivity index (χ0v) is 12.2. The molecule has 106 valence electrons. The minimum absolute atomic E-state index is 0.188. The highest BCUT2D eigenvalue weighted by atomic mass is 16.5. The third-order valence-corrected chi connectivity index (χ3v) is 3.27. The van der Waals surface area contributed by atoms with E-state index >= 15 is 0 Å². The second-order valence-electron chi connectivity index (χ2n) is 4.72. The molecule has 0 spiro atoms. The van der Waals surface area contributed by atoms with Crippen LogP contribution in [0.1, 0.15) is 12.5 Å². The van der Waals surface area contributed by atoms with E-state index in [1.165, 1.54) is 7.11 Å². The molecular formula is C15H19N3O2. The molecule has 1 N–H and O–H groups in total. The topological polar surface area (TPSA) is 56.1 Å². The number of rotatable bonds is 4. The molecule has 0 bridgehead atoms. The average Bonchev–Trinajstić information content (AvgIpc) is 2.79. The number of benzene rings is 1. The smallest absolute Gasteiger partial charge is 0.254 e. The predicted octanol–water partition coefficient (Wildman–Crippen LogP) is 2.37. The molecule has 1 atom stereocenters. The Morgan fingerprint density at radius 2 is 2.10 bits per heavy atom. The Balaban J connectivity index is 2.27. The van der Waals surface area contributed by atoms with E-state index < -0.39 is 6.10 Å². The van der Waals surface area contributed by atoms with Crippen LogP contribution in [0.15, 0.2) is 30.3 Å². The zero-order chi connectivity index (χ0) is 14.7. The molecule has 0 fully saturated rings. The summed E-state index contributed by atoms with van der Waals surface area (Å²) in [5.74, 6) is 0.462. The van der Waals surface area contributed by atoms with Crippen molar-refractivity contribution < 1.29 is 9.53 Å². The number of hydrogen-bond acceptors (Lipinski definition) is 3. The molecule has 0 saturated heterocycles. The predicted molar refractivity (Wildman–Crippen MR) is 78.5 cm³/mol. The maximum atomic E-state index is 11.8. The fourth-order valence-electron chi connectivity index (χ4n) is 1.91. The van der Waals surface area contributed by atoms with Crippen molar-refractivity contribution in [3.8, 4) is 11.3 Å². The molecule has 0 saturated carbocycles. The highest BCUT2D eigenvalue weighted by Gasteiger charge is 2.15. The van der Waals surface area contributed by atoms with Crippen molar-refractivity contribution in [2.75, 3.05) is 12.4 Å². The number of carbonyl (C=O) groups is 1. The number of aryl methyl sites for hydroxylation is 2. The number of methoxy groups -OCH3 is 1. The van der Waals surface area contributed by atoms with Crippen LogP contribution in [-0.4, -0.2) is 28.9 Å². The molecule has 0 aliphatic carbocycles. The molecule has 2 rings (SSSR count). The van der Waals surface area contributed by atoms with Crippen molar-refractivity contribution in [1.29, 1.82) is 0 Å². The summed E-state index contributed by atoms with van der Waals surface area (Å²) in [6.45, 7) is 3.74. The Morgan fingerprint density at radius 3 is 2.75 bits per heavy atom. The number of ether oxygens (including phenoxy) is 1. The number of carbonyl (C=O) groups excluding carboxylic acids is 1. The van der Waals surface area contributed by atoms with Crippen LogP contribution in [0.2, 0.25) is 0 Å². The van der Waals surface area contributed by atoms with Crippen LogP contribution < -0.4 is 5.32 Å². The quantitative estimate of drug-likeness (QED) is 0.930. The number of anilines is 1. The van der Waals surface area contributed by atoms with Gasteiger partial charge < -0.3 is 10.1 Å². The normalized spacial score (nSPS) is 12.2. The molecule has 0 radical (unpaired) electrons. The molecular weight excluding hydrogens is 254 g/mol.